The average molecular weight is 199 g/mol. The van der Waals surface area contributed by atoms with Crippen molar-refractivity contribution >= 4 is 0 Å². The number of hydrogen-bond donors (Lipinski definition) is 2. The van der Waals surface area contributed by atoms with Crippen molar-refractivity contribution in [3.05, 3.63) is 0 Å². The molecule has 2 heteroatoms. The summed E-state index contributed by atoms with van der Waals surface area (Å²) in [5.41, 5.74) is 0. The van der Waals surface area contributed by atoms with Gasteiger partial charge in [-0.05, 0) is 31.6 Å². The van der Waals surface area contributed by atoms with E-state index in [4.69, 9.17) is 5.11 Å². The standard InChI is InChI=1S/C12H25NO/c1-9-5-4-6-12(11(9)3)13-10(2)7-8-14/h9-14H,4-8H2,1-3H3. The second-order valence-electron chi connectivity index (χ2n) is 4.95. The highest BCUT2D eigenvalue weighted by atomic mass is 16.3. The molecule has 4 atom stereocenters. The molecule has 2 nitrogen and oxygen atoms in total. The molecule has 1 aliphatic carbocycles. The summed E-state index contributed by atoms with van der Waals surface area (Å²) in [5, 5.41) is 12.5. The van der Waals surface area contributed by atoms with Crippen LogP contribution in [0.1, 0.15) is 46.5 Å². The molecule has 1 aliphatic rings. The van der Waals surface area contributed by atoms with Gasteiger partial charge in [0.1, 0.15) is 0 Å². The highest BCUT2D eigenvalue weighted by Crippen LogP contribution is 2.29. The van der Waals surface area contributed by atoms with E-state index in [-0.39, 0.29) is 0 Å². The van der Waals surface area contributed by atoms with Gasteiger partial charge in [0.2, 0.25) is 0 Å². The predicted octanol–water partition coefficient (Wildman–Crippen LogP) is 2.17. The molecule has 4 unspecified atom stereocenters. The molecule has 0 aromatic carbocycles. The van der Waals surface area contributed by atoms with E-state index in [9.17, 15) is 0 Å². The fourth-order valence-corrected chi connectivity index (χ4v) is 2.46. The smallest absolute Gasteiger partial charge is 0.0445 e. The Morgan fingerprint density at radius 2 is 2.07 bits per heavy atom. The Morgan fingerprint density at radius 1 is 1.36 bits per heavy atom. The molecule has 0 spiro atoms. The number of aliphatic hydroxyl groups excluding tert-OH is 1. The number of aliphatic hydroxyl groups is 1. The molecule has 0 aromatic heterocycles. The lowest BCUT2D eigenvalue weighted by Crippen LogP contribution is -2.45. The van der Waals surface area contributed by atoms with Gasteiger partial charge in [-0.3, -0.25) is 0 Å². The maximum absolute atomic E-state index is 8.84. The maximum atomic E-state index is 8.84. The summed E-state index contributed by atoms with van der Waals surface area (Å²) in [7, 11) is 0. The lowest BCUT2D eigenvalue weighted by molar-refractivity contribution is 0.184. The van der Waals surface area contributed by atoms with Crippen molar-refractivity contribution in [2.24, 2.45) is 11.8 Å². The molecule has 14 heavy (non-hydrogen) atoms. The molecular weight excluding hydrogens is 174 g/mol. The van der Waals surface area contributed by atoms with Crippen LogP contribution < -0.4 is 5.32 Å². The zero-order valence-electron chi connectivity index (χ0n) is 9.79. The second-order valence-corrected chi connectivity index (χ2v) is 4.95. The maximum Gasteiger partial charge on any atom is 0.0445 e. The number of nitrogens with one attached hydrogen (secondary N) is 1. The molecule has 0 saturated heterocycles. The zero-order valence-corrected chi connectivity index (χ0v) is 9.79. The molecule has 0 bridgehead atoms. The topological polar surface area (TPSA) is 32.3 Å². The van der Waals surface area contributed by atoms with Crippen LogP contribution in [0.25, 0.3) is 0 Å². The minimum atomic E-state index is 0.296. The molecule has 0 aliphatic heterocycles. The first-order valence-corrected chi connectivity index (χ1v) is 6.02. The van der Waals surface area contributed by atoms with Crippen LogP contribution in [-0.4, -0.2) is 23.8 Å². The van der Waals surface area contributed by atoms with Gasteiger partial charge in [0.25, 0.3) is 0 Å². The van der Waals surface area contributed by atoms with Crippen molar-refractivity contribution in [3.63, 3.8) is 0 Å². The van der Waals surface area contributed by atoms with E-state index < -0.39 is 0 Å². The fourth-order valence-electron chi connectivity index (χ4n) is 2.46. The first-order valence-electron chi connectivity index (χ1n) is 6.02. The van der Waals surface area contributed by atoms with Crippen molar-refractivity contribution in [2.75, 3.05) is 6.61 Å². The second kappa shape index (κ2) is 5.72. The highest BCUT2D eigenvalue weighted by molar-refractivity contribution is 4.83. The SMILES string of the molecule is CC(CCO)NC1CCCC(C)C1C. The Labute approximate surface area is 88.1 Å². The molecule has 0 radical (unpaired) electrons. The van der Waals surface area contributed by atoms with E-state index in [1.54, 1.807) is 0 Å². The van der Waals surface area contributed by atoms with E-state index in [0.29, 0.717) is 18.7 Å². The Kier molecular flexibility index (Phi) is 4.90. The van der Waals surface area contributed by atoms with Crippen molar-refractivity contribution in [1.29, 1.82) is 0 Å². The Balaban J connectivity index is 2.35. The normalized spacial score (nSPS) is 35.6. The van der Waals surface area contributed by atoms with Crippen LogP contribution in [0.4, 0.5) is 0 Å². The third-order valence-corrected chi connectivity index (χ3v) is 3.77. The predicted molar refractivity (Wildman–Crippen MR) is 60.3 cm³/mol. The summed E-state index contributed by atoms with van der Waals surface area (Å²) >= 11 is 0. The van der Waals surface area contributed by atoms with Gasteiger partial charge >= 0.3 is 0 Å². The number of hydrogen-bond acceptors (Lipinski definition) is 2. The van der Waals surface area contributed by atoms with Crippen molar-refractivity contribution in [3.8, 4) is 0 Å². The molecule has 0 amide bonds. The van der Waals surface area contributed by atoms with Crippen LogP contribution in [0.2, 0.25) is 0 Å². The molecule has 84 valence electrons. The highest BCUT2D eigenvalue weighted by Gasteiger charge is 2.27. The Bertz CT molecular complexity index is 160. The Hall–Kier alpha value is -0.0800. The summed E-state index contributed by atoms with van der Waals surface area (Å²) < 4.78 is 0. The monoisotopic (exact) mass is 199 g/mol. The lowest BCUT2D eigenvalue weighted by atomic mass is 9.78. The van der Waals surface area contributed by atoms with E-state index >= 15 is 0 Å². The molecule has 1 saturated carbocycles. The first-order chi connectivity index (χ1) is 6.65. The van der Waals surface area contributed by atoms with Gasteiger partial charge in [0.05, 0.1) is 0 Å². The van der Waals surface area contributed by atoms with E-state index in [0.717, 1.165) is 18.3 Å². The summed E-state index contributed by atoms with van der Waals surface area (Å²) in [6.07, 6.45) is 4.92. The molecule has 0 heterocycles. The zero-order chi connectivity index (χ0) is 10.6. The molecule has 0 aromatic rings. The van der Waals surface area contributed by atoms with Crippen LogP contribution in [0, 0.1) is 11.8 Å². The molecule has 2 N–H and O–H groups in total. The lowest BCUT2D eigenvalue weighted by Gasteiger charge is -2.36. The van der Waals surface area contributed by atoms with Crippen LogP contribution in [0.3, 0.4) is 0 Å². The quantitative estimate of drug-likeness (QED) is 0.727. The average Bonchev–Trinajstić information content (AvgIpc) is 2.13. The van der Waals surface area contributed by atoms with Gasteiger partial charge in [-0.15, -0.1) is 0 Å². The third-order valence-electron chi connectivity index (χ3n) is 3.77. The van der Waals surface area contributed by atoms with Crippen molar-refractivity contribution < 1.29 is 5.11 Å². The van der Waals surface area contributed by atoms with E-state index in [1.165, 1.54) is 19.3 Å². The molecule has 1 rings (SSSR count). The van der Waals surface area contributed by atoms with Gasteiger partial charge in [0, 0.05) is 18.7 Å². The Morgan fingerprint density at radius 3 is 2.71 bits per heavy atom. The van der Waals surface area contributed by atoms with Crippen LogP contribution in [-0.2, 0) is 0 Å². The van der Waals surface area contributed by atoms with E-state index in [2.05, 4.69) is 26.1 Å². The minimum absolute atomic E-state index is 0.296. The summed E-state index contributed by atoms with van der Waals surface area (Å²) in [5.74, 6) is 1.63. The van der Waals surface area contributed by atoms with Crippen molar-refractivity contribution in [1.82, 2.24) is 5.32 Å². The third kappa shape index (κ3) is 3.25. The largest absolute Gasteiger partial charge is 0.396 e. The van der Waals surface area contributed by atoms with Crippen LogP contribution in [0.5, 0.6) is 0 Å². The molecule has 1 fully saturated rings. The minimum Gasteiger partial charge on any atom is -0.396 e. The van der Waals surface area contributed by atoms with Crippen molar-refractivity contribution in [2.45, 2.75) is 58.5 Å². The summed E-state index contributed by atoms with van der Waals surface area (Å²) in [6, 6.07) is 1.12. The summed E-state index contributed by atoms with van der Waals surface area (Å²) in [6.45, 7) is 7.18. The van der Waals surface area contributed by atoms with Crippen LogP contribution >= 0.6 is 0 Å². The summed E-state index contributed by atoms with van der Waals surface area (Å²) in [4.78, 5) is 0. The van der Waals surface area contributed by atoms with Gasteiger partial charge in [-0.25, -0.2) is 0 Å². The van der Waals surface area contributed by atoms with E-state index in [1.807, 2.05) is 0 Å². The van der Waals surface area contributed by atoms with Gasteiger partial charge in [0.15, 0.2) is 0 Å². The van der Waals surface area contributed by atoms with Gasteiger partial charge in [-0.1, -0.05) is 26.7 Å². The van der Waals surface area contributed by atoms with Gasteiger partial charge < -0.3 is 10.4 Å². The van der Waals surface area contributed by atoms with Crippen LogP contribution in [0.15, 0.2) is 0 Å². The first kappa shape index (κ1) is 12.0. The fraction of sp³-hybridized carbons (Fsp3) is 1.00. The number of rotatable bonds is 4. The molecular formula is C12H25NO. The van der Waals surface area contributed by atoms with Gasteiger partial charge in [-0.2, -0.15) is 0 Å².